The molecule has 0 unspecified atom stereocenters. The monoisotopic (exact) mass is 466 g/mol. The Morgan fingerprint density at radius 1 is 1.06 bits per heavy atom. The van der Waals surface area contributed by atoms with Crippen molar-refractivity contribution in [1.82, 2.24) is 0 Å². The molecule has 0 aromatic heterocycles. The molecule has 0 saturated heterocycles. The minimum Gasteiger partial charge on any atom is -0.394 e. The summed E-state index contributed by atoms with van der Waals surface area (Å²) in [5.41, 5.74) is 2.43. The number of benzene rings is 3. The van der Waals surface area contributed by atoms with E-state index < -0.39 is 11.9 Å². The van der Waals surface area contributed by atoms with E-state index in [0.29, 0.717) is 34.8 Å². The number of aliphatic hydroxyl groups excluding tert-OH is 1. The second kappa shape index (κ2) is 9.73. The molecule has 0 spiro atoms. The van der Waals surface area contributed by atoms with Crippen LogP contribution in [0.4, 0.5) is 15.8 Å². The average Bonchev–Trinajstić information content (AvgIpc) is 2.84. The van der Waals surface area contributed by atoms with Crippen LogP contribution in [0.5, 0.6) is 0 Å². The molecule has 5 nitrogen and oxygen atoms in total. The summed E-state index contributed by atoms with van der Waals surface area (Å²) in [7, 11) is 0. The minimum atomic E-state index is -0.568. The molecule has 0 saturated carbocycles. The lowest BCUT2D eigenvalue weighted by molar-refractivity contribution is -0.118. The summed E-state index contributed by atoms with van der Waals surface area (Å²) in [6.07, 6.45) is 0.637. The first-order valence-corrected chi connectivity index (χ1v) is 11.2. The Bertz CT molecular complexity index is 1150. The predicted octanol–water partition coefficient (Wildman–Crippen LogP) is 5.37. The Morgan fingerprint density at radius 2 is 1.73 bits per heavy atom. The number of hydrogen-bond acceptors (Lipinski definition) is 3. The van der Waals surface area contributed by atoms with Crippen LogP contribution in [-0.2, 0) is 4.79 Å². The van der Waals surface area contributed by atoms with Crippen LogP contribution in [0.3, 0.4) is 0 Å². The van der Waals surface area contributed by atoms with Gasteiger partial charge in [0.1, 0.15) is 5.82 Å². The van der Waals surface area contributed by atoms with Crippen LogP contribution in [0.25, 0.3) is 0 Å². The van der Waals surface area contributed by atoms with Crippen molar-refractivity contribution in [2.75, 3.05) is 16.4 Å². The SMILES string of the molecule is CCC(=O)N(c1ccc(Cl)cc1)[C@@H]1C[C@H](CO)N(C(=O)c2ccc(F)cc2)c2ccccc21. The maximum absolute atomic E-state index is 13.4. The molecule has 3 aromatic rings. The number of hydrogen-bond donors (Lipinski definition) is 1. The fourth-order valence-electron chi connectivity index (χ4n) is 4.35. The van der Waals surface area contributed by atoms with Crippen LogP contribution in [0.2, 0.25) is 5.02 Å². The molecule has 0 radical (unpaired) electrons. The van der Waals surface area contributed by atoms with E-state index in [1.54, 1.807) is 41.0 Å². The number of carbonyl (C=O) groups is 2. The minimum absolute atomic E-state index is 0.0767. The van der Waals surface area contributed by atoms with Crippen molar-refractivity contribution < 1.29 is 19.1 Å². The summed E-state index contributed by atoms with van der Waals surface area (Å²) in [6.45, 7) is 1.51. The Labute approximate surface area is 197 Å². The van der Waals surface area contributed by atoms with E-state index in [1.807, 2.05) is 24.3 Å². The zero-order chi connectivity index (χ0) is 23.5. The zero-order valence-corrected chi connectivity index (χ0v) is 18.9. The second-order valence-electron chi connectivity index (χ2n) is 7.92. The predicted molar refractivity (Wildman–Crippen MR) is 127 cm³/mol. The Hall–Kier alpha value is -3.22. The molecule has 2 atom stereocenters. The number of nitrogens with zero attached hydrogens (tertiary/aromatic N) is 2. The van der Waals surface area contributed by atoms with Crippen molar-refractivity contribution >= 4 is 34.8 Å². The summed E-state index contributed by atoms with van der Waals surface area (Å²) in [5.74, 6) is -0.840. The Balaban J connectivity index is 1.81. The highest BCUT2D eigenvalue weighted by molar-refractivity contribution is 6.30. The van der Waals surface area contributed by atoms with Gasteiger partial charge in [0.25, 0.3) is 5.91 Å². The molecule has 2 amide bonds. The van der Waals surface area contributed by atoms with Gasteiger partial charge >= 0.3 is 0 Å². The Morgan fingerprint density at radius 3 is 2.36 bits per heavy atom. The van der Waals surface area contributed by atoms with Gasteiger partial charge < -0.3 is 14.9 Å². The third-order valence-electron chi connectivity index (χ3n) is 5.92. The molecule has 7 heteroatoms. The molecule has 170 valence electrons. The summed E-state index contributed by atoms with van der Waals surface area (Å²) < 4.78 is 13.4. The van der Waals surface area contributed by atoms with Crippen LogP contribution in [0.15, 0.2) is 72.8 Å². The normalized spacial score (nSPS) is 17.4. The molecule has 3 aromatic carbocycles. The van der Waals surface area contributed by atoms with Crippen molar-refractivity contribution in [2.45, 2.75) is 31.8 Å². The summed E-state index contributed by atoms with van der Waals surface area (Å²) >= 11 is 6.06. The van der Waals surface area contributed by atoms with E-state index in [-0.39, 0.29) is 24.5 Å². The quantitative estimate of drug-likeness (QED) is 0.549. The first-order valence-electron chi connectivity index (χ1n) is 10.8. The number of carbonyl (C=O) groups excluding carboxylic acids is 2. The zero-order valence-electron chi connectivity index (χ0n) is 18.1. The van der Waals surface area contributed by atoms with Crippen LogP contribution in [-0.4, -0.2) is 29.6 Å². The molecule has 33 heavy (non-hydrogen) atoms. The van der Waals surface area contributed by atoms with E-state index in [0.717, 1.165) is 5.56 Å². The second-order valence-corrected chi connectivity index (χ2v) is 8.36. The molecule has 1 aliphatic heterocycles. The van der Waals surface area contributed by atoms with Gasteiger partial charge in [0, 0.05) is 28.4 Å². The number of para-hydroxylation sites is 1. The van der Waals surface area contributed by atoms with Gasteiger partial charge in [0.05, 0.1) is 18.7 Å². The van der Waals surface area contributed by atoms with Crippen molar-refractivity contribution in [2.24, 2.45) is 0 Å². The van der Waals surface area contributed by atoms with E-state index in [2.05, 4.69) is 0 Å². The third-order valence-corrected chi connectivity index (χ3v) is 6.18. The van der Waals surface area contributed by atoms with Gasteiger partial charge in [-0.2, -0.15) is 0 Å². The number of aliphatic hydroxyl groups is 1. The Kier molecular flexibility index (Phi) is 6.77. The van der Waals surface area contributed by atoms with Gasteiger partial charge in [-0.25, -0.2) is 4.39 Å². The van der Waals surface area contributed by atoms with Crippen LogP contribution < -0.4 is 9.80 Å². The summed E-state index contributed by atoms with van der Waals surface area (Å²) in [6, 6.07) is 18.8. The topological polar surface area (TPSA) is 60.9 Å². The molecular formula is C26H24ClFN2O3. The van der Waals surface area contributed by atoms with Gasteiger partial charge in [-0.15, -0.1) is 0 Å². The van der Waals surface area contributed by atoms with Gasteiger partial charge in [0.2, 0.25) is 5.91 Å². The molecule has 1 aliphatic rings. The van der Waals surface area contributed by atoms with Gasteiger partial charge in [-0.05, 0) is 66.6 Å². The number of anilines is 2. The van der Waals surface area contributed by atoms with Crippen LogP contribution >= 0.6 is 11.6 Å². The molecule has 1 heterocycles. The molecule has 0 aliphatic carbocycles. The van der Waals surface area contributed by atoms with Crippen LogP contribution in [0, 0.1) is 5.82 Å². The molecule has 4 rings (SSSR count). The number of rotatable bonds is 5. The van der Waals surface area contributed by atoms with Crippen LogP contribution in [0.1, 0.15) is 41.7 Å². The fourth-order valence-corrected chi connectivity index (χ4v) is 4.48. The maximum atomic E-state index is 13.4. The van der Waals surface area contributed by atoms with Gasteiger partial charge in [-0.1, -0.05) is 36.7 Å². The standard InChI is InChI=1S/C26H24ClFN2O3/c1-2-25(32)29(20-13-9-18(27)10-14-20)24-15-21(16-31)30(23-6-4-3-5-22(23)24)26(33)17-7-11-19(28)12-8-17/h3-14,21,24,31H,2,15-16H2,1H3/t21-,24-/m1/s1. The molecule has 1 N–H and O–H groups in total. The fraction of sp³-hybridized carbons (Fsp3) is 0.231. The van der Waals surface area contributed by atoms with Crippen molar-refractivity contribution in [1.29, 1.82) is 0 Å². The molecule has 0 fully saturated rings. The summed E-state index contributed by atoms with van der Waals surface area (Å²) in [5, 5.41) is 10.8. The first kappa shape index (κ1) is 23.0. The van der Waals surface area contributed by atoms with Gasteiger partial charge in [0.15, 0.2) is 0 Å². The largest absolute Gasteiger partial charge is 0.394 e. The molecular weight excluding hydrogens is 443 g/mol. The average molecular weight is 467 g/mol. The van der Waals surface area contributed by atoms with E-state index in [4.69, 9.17) is 11.6 Å². The number of fused-ring (bicyclic) bond motifs is 1. The highest BCUT2D eigenvalue weighted by Crippen LogP contribution is 2.43. The van der Waals surface area contributed by atoms with Crippen molar-refractivity contribution in [3.8, 4) is 0 Å². The third kappa shape index (κ3) is 4.49. The number of amides is 2. The lowest BCUT2D eigenvalue weighted by Crippen LogP contribution is -2.50. The van der Waals surface area contributed by atoms with Crippen molar-refractivity contribution in [3.63, 3.8) is 0 Å². The van der Waals surface area contributed by atoms with E-state index >= 15 is 0 Å². The van der Waals surface area contributed by atoms with E-state index in [9.17, 15) is 19.1 Å². The lowest BCUT2D eigenvalue weighted by Gasteiger charge is -2.44. The number of halogens is 2. The lowest BCUT2D eigenvalue weighted by atomic mass is 9.88. The first-order chi connectivity index (χ1) is 15.9. The van der Waals surface area contributed by atoms with Crippen molar-refractivity contribution in [3.05, 3.63) is 94.8 Å². The van der Waals surface area contributed by atoms with Gasteiger partial charge in [-0.3, -0.25) is 9.59 Å². The highest BCUT2D eigenvalue weighted by Gasteiger charge is 2.40. The smallest absolute Gasteiger partial charge is 0.258 e. The van der Waals surface area contributed by atoms with E-state index in [1.165, 1.54) is 24.3 Å². The molecule has 0 bridgehead atoms. The maximum Gasteiger partial charge on any atom is 0.258 e. The highest BCUT2D eigenvalue weighted by atomic mass is 35.5. The summed E-state index contributed by atoms with van der Waals surface area (Å²) in [4.78, 5) is 29.8.